The molecule has 1 amide bonds. The first kappa shape index (κ1) is 17.0. The number of nitrogens with zero attached hydrogens (tertiary/aromatic N) is 2. The molecule has 1 heterocycles. The highest BCUT2D eigenvalue weighted by atomic mass is 19.4. The van der Waals surface area contributed by atoms with Crippen LogP contribution in [0.1, 0.15) is 34.5 Å². The Morgan fingerprint density at radius 1 is 1.43 bits per heavy atom. The standard InChI is InChI=1S/C15H16F3N3O2/c1-2-21-9-11(7-20-21)14(23)19-8-13(22)10-4-3-5-12(6-10)15(16,17)18/h3-7,9,13,22H,2,8H2,1H3,(H,19,23). The number of hydrogen-bond acceptors (Lipinski definition) is 3. The molecule has 124 valence electrons. The Morgan fingerprint density at radius 2 is 2.17 bits per heavy atom. The zero-order valence-corrected chi connectivity index (χ0v) is 12.3. The molecule has 1 unspecified atom stereocenters. The number of benzene rings is 1. The third-order valence-corrected chi connectivity index (χ3v) is 3.27. The maximum Gasteiger partial charge on any atom is 0.416 e. The van der Waals surface area contributed by atoms with Crippen LogP contribution in [0.2, 0.25) is 0 Å². The Hall–Kier alpha value is -2.35. The molecule has 1 aromatic carbocycles. The molecule has 0 fully saturated rings. The molecule has 1 atom stereocenters. The van der Waals surface area contributed by atoms with E-state index in [0.29, 0.717) is 12.1 Å². The van der Waals surface area contributed by atoms with Crippen molar-refractivity contribution in [1.82, 2.24) is 15.1 Å². The first-order valence-electron chi connectivity index (χ1n) is 6.97. The molecular weight excluding hydrogens is 311 g/mol. The molecule has 2 rings (SSSR count). The summed E-state index contributed by atoms with van der Waals surface area (Å²) in [7, 11) is 0. The van der Waals surface area contributed by atoms with Gasteiger partial charge in [0, 0.05) is 19.3 Å². The molecule has 0 saturated heterocycles. The van der Waals surface area contributed by atoms with E-state index in [4.69, 9.17) is 0 Å². The Bertz CT molecular complexity index is 683. The van der Waals surface area contributed by atoms with Crippen molar-refractivity contribution in [3.05, 3.63) is 53.3 Å². The van der Waals surface area contributed by atoms with Gasteiger partial charge >= 0.3 is 6.18 Å². The van der Waals surface area contributed by atoms with Crippen LogP contribution in [0, 0.1) is 0 Å². The fraction of sp³-hybridized carbons (Fsp3) is 0.333. The lowest BCUT2D eigenvalue weighted by Gasteiger charge is -2.14. The van der Waals surface area contributed by atoms with E-state index in [1.165, 1.54) is 18.3 Å². The van der Waals surface area contributed by atoms with E-state index in [1.54, 1.807) is 10.9 Å². The van der Waals surface area contributed by atoms with Crippen molar-refractivity contribution in [2.45, 2.75) is 25.7 Å². The summed E-state index contributed by atoms with van der Waals surface area (Å²) in [5.41, 5.74) is -0.433. The number of aliphatic hydroxyl groups excluding tert-OH is 1. The van der Waals surface area contributed by atoms with Crippen molar-refractivity contribution < 1.29 is 23.1 Å². The largest absolute Gasteiger partial charge is 0.416 e. The summed E-state index contributed by atoms with van der Waals surface area (Å²) in [6.07, 6.45) is -2.78. The minimum atomic E-state index is -4.48. The van der Waals surface area contributed by atoms with Crippen molar-refractivity contribution in [3.8, 4) is 0 Å². The molecule has 0 saturated carbocycles. The molecule has 0 bridgehead atoms. The van der Waals surface area contributed by atoms with Crippen LogP contribution < -0.4 is 5.32 Å². The number of aliphatic hydroxyl groups is 1. The smallest absolute Gasteiger partial charge is 0.387 e. The van der Waals surface area contributed by atoms with E-state index in [0.717, 1.165) is 12.1 Å². The predicted molar refractivity (Wildman–Crippen MR) is 76.6 cm³/mol. The first-order chi connectivity index (χ1) is 10.8. The second-order valence-electron chi connectivity index (χ2n) is 4.93. The fourth-order valence-corrected chi connectivity index (χ4v) is 1.99. The number of rotatable bonds is 5. The molecule has 2 N–H and O–H groups in total. The molecule has 2 aromatic rings. The molecule has 1 aromatic heterocycles. The minimum absolute atomic E-state index is 0.0874. The van der Waals surface area contributed by atoms with Crippen molar-refractivity contribution >= 4 is 5.91 Å². The van der Waals surface area contributed by atoms with Gasteiger partial charge in [0.2, 0.25) is 0 Å². The van der Waals surface area contributed by atoms with Gasteiger partial charge in [-0.1, -0.05) is 12.1 Å². The molecule has 0 aliphatic heterocycles. The lowest BCUT2D eigenvalue weighted by Crippen LogP contribution is -2.28. The molecule has 5 nitrogen and oxygen atoms in total. The third-order valence-electron chi connectivity index (χ3n) is 3.27. The minimum Gasteiger partial charge on any atom is -0.387 e. The maximum absolute atomic E-state index is 12.6. The molecular formula is C15H16F3N3O2. The van der Waals surface area contributed by atoms with Gasteiger partial charge in [0.1, 0.15) is 0 Å². The Balaban J connectivity index is 1.99. The maximum atomic E-state index is 12.6. The van der Waals surface area contributed by atoms with Gasteiger partial charge in [0.15, 0.2) is 0 Å². The number of halogens is 3. The van der Waals surface area contributed by atoms with Gasteiger partial charge in [-0.15, -0.1) is 0 Å². The number of amides is 1. The lowest BCUT2D eigenvalue weighted by molar-refractivity contribution is -0.137. The summed E-state index contributed by atoms with van der Waals surface area (Å²) in [4.78, 5) is 11.9. The molecule has 0 aliphatic rings. The van der Waals surface area contributed by atoms with Gasteiger partial charge in [0.25, 0.3) is 5.91 Å². The zero-order chi connectivity index (χ0) is 17.0. The van der Waals surface area contributed by atoms with Crippen LogP contribution in [-0.2, 0) is 12.7 Å². The van der Waals surface area contributed by atoms with E-state index in [2.05, 4.69) is 10.4 Å². The number of aryl methyl sites for hydroxylation is 1. The lowest BCUT2D eigenvalue weighted by atomic mass is 10.1. The van der Waals surface area contributed by atoms with Crippen LogP contribution in [0.25, 0.3) is 0 Å². The zero-order valence-electron chi connectivity index (χ0n) is 12.3. The molecule has 0 spiro atoms. The average Bonchev–Trinajstić information content (AvgIpc) is 3.00. The molecule has 23 heavy (non-hydrogen) atoms. The van der Waals surface area contributed by atoms with E-state index in [1.807, 2.05) is 6.92 Å². The van der Waals surface area contributed by atoms with Crippen LogP contribution in [0.15, 0.2) is 36.7 Å². The monoisotopic (exact) mass is 327 g/mol. The van der Waals surface area contributed by atoms with Gasteiger partial charge in [-0.05, 0) is 24.6 Å². The van der Waals surface area contributed by atoms with Gasteiger partial charge in [0.05, 0.1) is 23.4 Å². The number of aromatic nitrogens is 2. The van der Waals surface area contributed by atoms with Crippen LogP contribution in [0.4, 0.5) is 13.2 Å². The van der Waals surface area contributed by atoms with E-state index >= 15 is 0 Å². The second-order valence-corrected chi connectivity index (χ2v) is 4.93. The summed E-state index contributed by atoms with van der Waals surface area (Å²) >= 11 is 0. The quantitative estimate of drug-likeness (QED) is 0.886. The van der Waals surface area contributed by atoms with Crippen LogP contribution >= 0.6 is 0 Å². The van der Waals surface area contributed by atoms with Crippen molar-refractivity contribution in [3.63, 3.8) is 0 Å². The van der Waals surface area contributed by atoms with Gasteiger partial charge in [-0.25, -0.2) is 0 Å². The first-order valence-corrected chi connectivity index (χ1v) is 6.97. The second kappa shape index (κ2) is 6.82. The number of nitrogens with one attached hydrogen (secondary N) is 1. The van der Waals surface area contributed by atoms with Crippen molar-refractivity contribution in [1.29, 1.82) is 0 Å². The number of hydrogen-bond donors (Lipinski definition) is 2. The highest BCUT2D eigenvalue weighted by Crippen LogP contribution is 2.30. The number of carbonyl (C=O) groups is 1. The molecule has 0 aliphatic carbocycles. The van der Waals surface area contributed by atoms with Crippen molar-refractivity contribution in [2.75, 3.05) is 6.54 Å². The average molecular weight is 327 g/mol. The predicted octanol–water partition coefficient (Wildman–Crippen LogP) is 2.39. The van der Waals surface area contributed by atoms with Crippen LogP contribution in [0.5, 0.6) is 0 Å². The Kier molecular flexibility index (Phi) is 5.05. The summed E-state index contributed by atoms with van der Waals surface area (Å²) in [5, 5.41) is 16.4. The van der Waals surface area contributed by atoms with E-state index in [9.17, 15) is 23.1 Å². The van der Waals surface area contributed by atoms with E-state index < -0.39 is 23.8 Å². The van der Waals surface area contributed by atoms with Gasteiger partial charge < -0.3 is 10.4 Å². The summed E-state index contributed by atoms with van der Waals surface area (Å²) in [6, 6.07) is 4.38. The van der Waals surface area contributed by atoms with Gasteiger partial charge in [-0.2, -0.15) is 18.3 Å². The topological polar surface area (TPSA) is 67.2 Å². The SMILES string of the molecule is CCn1cc(C(=O)NCC(O)c2cccc(C(F)(F)F)c2)cn1. The van der Waals surface area contributed by atoms with Gasteiger partial charge in [-0.3, -0.25) is 9.48 Å². The Morgan fingerprint density at radius 3 is 2.78 bits per heavy atom. The molecule has 8 heteroatoms. The summed E-state index contributed by atoms with van der Waals surface area (Å²) in [6.45, 7) is 2.28. The highest BCUT2D eigenvalue weighted by molar-refractivity contribution is 5.93. The van der Waals surface area contributed by atoms with E-state index in [-0.39, 0.29) is 12.1 Å². The highest BCUT2D eigenvalue weighted by Gasteiger charge is 2.30. The summed E-state index contributed by atoms with van der Waals surface area (Å²) in [5.74, 6) is -0.448. The molecule has 0 radical (unpaired) electrons. The number of carbonyl (C=O) groups excluding carboxylic acids is 1. The summed E-state index contributed by atoms with van der Waals surface area (Å²) < 4.78 is 39.5. The normalized spacial score (nSPS) is 12.9. The van der Waals surface area contributed by atoms with Crippen LogP contribution in [-0.4, -0.2) is 27.3 Å². The Labute approximate surface area is 130 Å². The van der Waals surface area contributed by atoms with Crippen LogP contribution in [0.3, 0.4) is 0 Å². The number of alkyl halides is 3. The van der Waals surface area contributed by atoms with Crippen molar-refractivity contribution in [2.24, 2.45) is 0 Å². The fourth-order valence-electron chi connectivity index (χ4n) is 1.99. The third kappa shape index (κ3) is 4.32.